The van der Waals surface area contributed by atoms with E-state index in [0.717, 1.165) is 0 Å². The molecule has 0 aliphatic rings. The van der Waals surface area contributed by atoms with E-state index in [1.807, 2.05) is 13.8 Å². The molecule has 0 aliphatic heterocycles. The highest BCUT2D eigenvalue weighted by Gasteiger charge is 2.19. The molecule has 29 heavy (non-hydrogen) atoms. The Hall–Kier alpha value is -3.04. The molecule has 0 amide bonds. The second kappa shape index (κ2) is 8.97. The van der Waals surface area contributed by atoms with Crippen LogP contribution in [0.3, 0.4) is 0 Å². The standard InChI is InChI=1S/C19H18ClFN4O4/c1-11(2)28-5-6-29-18-9-16-13(8-17(18)25(26)27)19(23-10-22-16)24-12-3-4-15(21)14(20)7-12/h3-4,7-11H,5-6H2,1-2H3,(H,22,23,24). The van der Waals surface area contributed by atoms with Gasteiger partial charge in [-0.05, 0) is 32.0 Å². The van der Waals surface area contributed by atoms with Crippen molar-refractivity contribution in [3.05, 3.63) is 57.6 Å². The van der Waals surface area contributed by atoms with Gasteiger partial charge in [-0.1, -0.05) is 11.6 Å². The molecule has 3 aromatic rings. The average molecular weight is 421 g/mol. The number of ether oxygens (including phenoxy) is 2. The Labute approximate surface area is 170 Å². The number of nitrogens with zero attached hydrogens (tertiary/aromatic N) is 3. The third-order valence-electron chi connectivity index (χ3n) is 3.89. The van der Waals surface area contributed by atoms with Crippen LogP contribution < -0.4 is 10.1 Å². The van der Waals surface area contributed by atoms with Crippen LogP contribution in [0.1, 0.15) is 13.8 Å². The molecule has 0 saturated carbocycles. The van der Waals surface area contributed by atoms with E-state index in [1.54, 1.807) is 0 Å². The second-order valence-electron chi connectivity index (χ2n) is 6.34. The molecule has 8 nitrogen and oxygen atoms in total. The summed E-state index contributed by atoms with van der Waals surface area (Å²) in [6, 6.07) is 6.90. The monoisotopic (exact) mass is 420 g/mol. The van der Waals surface area contributed by atoms with Gasteiger partial charge in [0, 0.05) is 17.8 Å². The molecule has 0 bridgehead atoms. The van der Waals surface area contributed by atoms with Gasteiger partial charge in [0.2, 0.25) is 0 Å². The van der Waals surface area contributed by atoms with Crippen molar-refractivity contribution in [3.8, 4) is 5.75 Å². The van der Waals surface area contributed by atoms with Crippen molar-refractivity contribution in [2.75, 3.05) is 18.5 Å². The summed E-state index contributed by atoms with van der Waals surface area (Å²) in [5.41, 5.74) is 0.698. The van der Waals surface area contributed by atoms with Crippen molar-refractivity contribution in [2.45, 2.75) is 20.0 Å². The van der Waals surface area contributed by atoms with Gasteiger partial charge in [0.1, 0.15) is 24.6 Å². The fraction of sp³-hybridized carbons (Fsp3) is 0.263. The summed E-state index contributed by atoms with van der Waals surface area (Å²) < 4.78 is 24.3. The number of rotatable bonds is 8. The third-order valence-corrected chi connectivity index (χ3v) is 4.18. The quantitative estimate of drug-likeness (QED) is 0.315. The van der Waals surface area contributed by atoms with Gasteiger partial charge >= 0.3 is 5.69 Å². The maximum Gasteiger partial charge on any atom is 0.311 e. The Morgan fingerprint density at radius 1 is 1.24 bits per heavy atom. The first-order valence-corrected chi connectivity index (χ1v) is 9.12. The number of nitro groups is 1. The molecule has 2 aromatic carbocycles. The summed E-state index contributed by atoms with van der Waals surface area (Å²) in [5.74, 6) is -0.150. The molecule has 0 saturated heterocycles. The molecule has 0 atom stereocenters. The number of hydrogen-bond acceptors (Lipinski definition) is 7. The van der Waals surface area contributed by atoms with Gasteiger partial charge in [0.25, 0.3) is 0 Å². The van der Waals surface area contributed by atoms with Gasteiger partial charge in [0.15, 0.2) is 5.75 Å². The molecule has 1 aromatic heterocycles. The van der Waals surface area contributed by atoms with E-state index in [4.69, 9.17) is 21.1 Å². The minimum atomic E-state index is -0.552. The van der Waals surface area contributed by atoms with E-state index in [-0.39, 0.29) is 29.2 Å². The van der Waals surface area contributed by atoms with Gasteiger partial charge in [-0.2, -0.15) is 0 Å². The number of halogens is 2. The molecule has 0 spiro atoms. The lowest BCUT2D eigenvalue weighted by Crippen LogP contribution is -2.12. The molecule has 0 fully saturated rings. The highest BCUT2D eigenvalue weighted by molar-refractivity contribution is 6.31. The summed E-state index contributed by atoms with van der Waals surface area (Å²) in [7, 11) is 0. The maximum atomic E-state index is 13.4. The van der Waals surface area contributed by atoms with Crippen molar-refractivity contribution in [2.24, 2.45) is 0 Å². The van der Waals surface area contributed by atoms with Crippen molar-refractivity contribution in [1.82, 2.24) is 9.97 Å². The predicted molar refractivity (Wildman–Crippen MR) is 107 cm³/mol. The molecule has 10 heteroatoms. The minimum Gasteiger partial charge on any atom is -0.484 e. The number of nitro benzene ring substituents is 1. The average Bonchev–Trinajstić information content (AvgIpc) is 2.67. The van der Waals surface area contributed by atoms with Crippen LogP contribution in [0.4, 0.5) is 21.6 Å². The largest absolute Gasteiger partial charge is 0.484 e. The molecular weight excluding hydrogens is 403 g/mol. The molecule has 0 radical (unpaired) electrons. The summed E-state index contributed by atoms with van der Waals surface area (Å²) in [5, 5.41) is 14.9. The van der Waals surface area contributed by atoms with Crippen molar-refractivity contribution in [1.29, 1.82) is 0 Å². The Morgan fingerprint density at radius 2 is 2.03 bits per heavy atom. The summed E-state index contributed by atoms with van der Waals surface area (Å²) >= 11 is 5.80. The lowest BCUT2D eigenvalue weighted by Gasteiger charge is -2.12. The minimum absolute atomic E-state index is 0.0338. The summed E-state index contributed by atoms with van der Waals surface area (Å²) in [4.78, 5) is 19.3. The van der Waals surface area contributed by atoms with Gasteiger partial charge in [-0.3, -0.25) is 10.1 Å². The maximum absolute atomic E-state index is 13.4. The van der Waals surface area contributed by atoms with Gasteiger partial charge in [-0.15, -0.1) is 0 Å². The summed E-state index contributed by atoms with van der Waals surface area (Å²) in [6.07, 6.45) is 1.35. The van der Waals surface area contributed by atoms with E-state index >= 15 is 0 Å². The van der Waals surface area contributed by atoms with Crippen LogP contribution in [0.25, 0.3) is 10.9 Å². The van der Waals surface area contributed by atoms with E-state index in [0.29, 0.717) is 29.0 Å². The number of nitrogens with one attached hydrogen (secondary N) is 1. The van der Waals surface area contributed by atoms with Crippen LogP contribution in [0.2, 0.25) is 5.02 Å². The zero-order valence-corrected chi connectivity index (χ0v) is 16.4. The van der Waals surface area contributed by atoms with Crippen LogP contribution in [-0.4, -0.2) is 34.2 Å². The normalized spacial score (nSPS) is 11.1. The first kappa shape index (κ1) is 20.7. The molecular formula is C19H18ClFN4O4. The van der Waals surface area contributed by atoms with Gasteiger partial charge in [-0.25, -0.2) is 14.4 Å². The van der Waals surface area contributed by atoms with E-state index in [2.05, 4.69) is 15.3 Å². The first-order chi connectivity index (χ1) is 13.8. The molecule has 0 unspecified atom stereocenters. The fourth-order valence-electron chi connectivity index (χ4n) is 2.58. The predicted octanol–water partition coefficient (Wildman–Crippen LogP) is 4.88. The number of benzene rings is 2. The third kappa shape index (κ3) is 5.07. The zero-order valence-electron chi connectivity index (χ0n) is 15.7. The smallest absolute Gasteiger partial charge is 0.311 e. The van der Waals surface area contributed by atoms with Crippen LogP contribution in [0.5, 0.6) is 5.75 Å². The highest BCUT2D eigenvalue weighted by Crippen LogP contribution is 2.34. The highest BCUT2D eigenvalue weighted by atomic mass is 35.5. The van der Waals surface area contributed by atoms with Gasteiger partial charge < -0.3 is 14.8 Å². The van der Waals surface area contributed by atoms with Crippen LogP contribution in [0, 0.1) is 15.9 Å². The van der Waals surface area contributed by atoms with Gasteiger partial charge in [0.05, 0.1) is 33.6 Å². The topological polar surface area (TPSA) is 99.4 Å². The fourth-order valence-corrected chi connectivity index (χ4v) is 2.76. The number of hydrogen-bond donors (Lipinski definition) is 1. The Morgan fingerprint density at radius 3 is 2.72 bits per heavy atom. The molecule has 152 valence electrons. The Balaban J connectivity index is 1.93. The number of fused-ring (bicyclic) bond motifs is 1. The van der Waals surface area contributed by atoms with Crippen LogP contribution in [0.15, 0.2) is 36.7 Å². The van der Waals surface area contributed by atoms with Crippen molar-refractivity contribution >= 4 is 39.7 Å². The van der Waals surface area contributed by atoms with Crippen LogP contribution >= 0.6 is 11.6 Å². The van der Waals surface area contributed by atoms with E-state index in [1.165, 1.54) is 36.7 Å². The lowest BCUT2D eigenvalue weighted by atomic mass is 10.2. The lowest BCUT2D eigenvalue weighted by molar-refractivity contribution is -0.385. The molecule has 1 heterocycles. The summed E-state index contributed by atoms with van der Waals surface area (Å²) in [6.45, 7) is 4.24. The van der Waals surface area contributed by atoms with E-state index in [9.17, 15) is 14.5 Å². The Kier molecular flexibility index (Phi) is 6.40. The second-order valence-corrected chi connectivity index (χ2v) is 6.75. The first-order valence-electron chi connectivity index (χ1n) is 8.74. The van der Waals surface area contributed by atoms with Crippen LogP contribution in [-0.2, 0) is 4.74 Å². The SMILES string of the molecule is CC(C)OCCOc1cc2ncnc(Nc3ccc(F)c(Cl)c3)c2cc1[N+](=O)[O-]. The molecule has 1 N–H and O–H groups in total. The number of aromatic nitrogens is 2. The van der Waals surface area contributed by atoms with Crippen molar-refractivity contribution < 1.29 is 18.8 Å². The Bertz CT molecular complexity index is 1050. The van der Waals surface area contributed by atoms with E-state index < -0.39 is 10.7 Å². The van der Waals surface area contributed by atoms with Crippen molar-refractivity contribution in [3.63, 3.8) is 0 Å². The zero-order chi connectivity index (χ0) is 21.0. The molecule has 0 aliphatic carbocycles. The number of anilines is 2. The molecule has 3 rings (SSSR count).